The molecule has 84 valence electrons. The first-order valence-electron chi connectivity index (χ1n) is 4.10. The number of nitrogens with one attached hydrogen (secondary N) is 3. The van der Waals surface area contributed by atoms with Crippen LogP contribution in [-0.2, 0) is 0 Å². The third kappa shape index (κ3) is 3.51. The minimum atomic E-state index is -0.259. The van der Waals surface area contributed by atoms with Crippen LogP contribution in [-0.4, -0.2) is 25.9 Å². The summed E-state index contributed by atoms with van der Waals surface area (Å²) in [6, 6.07) is 2.71. The van der Waals surface area contributed by atoms with Crippen molar-refractivity contribution >= 4 is 5.91 Å². The Balaban J connectivity index is 0. The van der Waals surface area contributed by atoms with Crippen LogP contribution in [0.2, 0.25) is 0 Å². The molecule has 0 aliphatic carbocycles. The Labute approximate surface area is 86.7 Å². The highest BCUT2D eigenvalue weighted by atomic mass is 16.2. The molecule has 0 bridgehead atoms. The van der Waals surface area contributed by atoms with E-state index >= 15 is 0 Å². The minimum absolute atomic E-state index is 0. The average molecular weight is 214 g/mol. The van der Waals surface area contributed by atoms with E-state index in [9.17, 15) is 14.4 Å². The standard InChI is InChI=1S/C5H6N2O2.C3H4N2O.2H2/c1-4(8)7-3-2-5(9)6-7;6-3-1-2-4-5-3;;/h2-3H,1H3,(H,6,9);1-2H,(H2,4,5,6);2*1H. The molecule has 2 aromatic rings. The van der Waals surface area contributed by atoms with Crippen LogP contribution in [0.25, 0.3) is 0 Å². The van der Waals surface area contributed by atoms with Gasteiger partial charge in [-0.3, -0.25) is 24.6 Å². The average Bonchev–Trinajstić information content (AvgIpc) is 2.77. The Kier molecular flexibility index (Phi) is 3.44. The van der Waals surface area contributed by atoms with Crippen molar-refractivity contribution in [3.8, 4) is 0 Å². The summed E-state index contributed by atoms with van der Waals surface area (Å²) in [5.41, 5.74) is -0.347. The Morgan fingerprint density at radius 2 is 2.07 bits per heavy atom. The molecule has 7 heteroatoms. The molecule has 0 amide bonds. The van der Waals surface area contributed by atoms with Crippen molar-refractivity contribution < 1.29 is 7.65 Å². The molecular formula is C8H14N4O3. The van der Waals surface area contributed by atoms with Gasteiger partial charge < -0.3 is 5.10 Å². The Hall–Kier alpha value is -2.31. The quantitative estimate of drug-likeness (QED) is 0.576. The smallest absolute Gasteiger partial charge is 0.264 e. The number of H-pyrrole nitrogens is 3. The second-order valence-corrected chi connectivity index (χ2v) is 2.65. The zero-order chi connectivity index (χ0) is 11.3. The van der Waals surface area contributed by atoms with Crippen molar-refractivity contribution in [2.45, 2.75) is 6.92 Å². The maximum absolute atomic E-state index is 10.5. The van der Waals surface area contributed by atoms with E-state index in [0.29, 0.717) is 0 Å². The van der Waals surface area contributed by atoms with Gasteiger partial charge in [0.05, 0.1) is 0 Å². The normalized spacial score (nSPS) is 9.13. The van der Waals surface area contributed by atoms with Crippen LogP contribution >= 0.6 is 0 Å². The largest absolute Gasteiger partial charge is 0.305 e. The molecule has 3 N–H and O–H groups in total. The van der Waals surface area contributed by atoms with Crippen LogP contribution < -0.4 is 11.1 Å². The van der Waals surface area contributed by atoms with E-state index in [1.54, 1.807) is 6.20 Å². The van der Waals surface area contributed by atoms with Gasteiger partial charge in [0, 0.05) is 34.3 Å². The van der Waals surface area contributed by atoms with Crippen molar-refractivity contribution in [1.29, 1.82) is 0 Å². The summed E-state index contributed by atoms with van der Waals surface area (Å²) in [6.07, 6.45) is 2.94. The molecule has 2 aromatic heterocycles. The number of carbonyl (C=O) groups is 1. The zero-order valence-corrected chi connectivity index (χ0v) is 7.98. The molecule has 0 fully saturated rings. The molecule has 0 saturated carbocycles. The highest BCUT2D eigenvalue weighted by Crippen LogP contribution is 1.76. The number of aromatic nitrogens is 4. The van der Waals surface area contributed by atoms with Crippen molar-refractivity contribution in [3.05, 3.63) is 45.2 Å². The van der Waals surface area contributed by atoms with E-state index in [-0.39, 0.29) is 19.9 Å². The number of hydrogen-bond acceptors (Lipinski definition) is 3. The fourth-order valence-electron chi connectivity index (χ4n) is 0.791. The summed E-state index contributed by atoms with van der Waals surface area (Å²) >= 11 is 0. The molecule has 0 aliphatic rings. The van der Waals surface area contributed by atoms with Crippen LogP contribution in [0.3, 0.4) is 0 Å². The van der Waals surface area contributed by atoms with Crippen molar-refractivity contribution in [2.75, 3.05) is 0 Å². The summed E-state index contributed by atoms with van der Waals surface area (Å²) in [5, 5.41) is 7.10. The van der Waals surface area contributed by atoms with Gasteiger partial charge in [0.2, 0.25) is 5.91 Å². The van der Waals surface area contributed by atoms with Crippen LogP contribution in [0.1, 0.15) is 14.6 Å². The first-order valence-corrected chi connectivity index (χ1v) is 4.10. The lowest BCUT2D eigenvalue weighted by Gasteiger charge is -1.89. The number of nitrogens with zero attached hydrogens (tertiary/aromatic N) is 1. The number of hydrogen-bond donors (Lipinski definition) is 3. The summed E-state index contributed by atoms with van der Waals surface area (Å²) < 4.78 is 1.13. The predicted octanol–water partition coefficient (Wildman–Crippen LogP) is 0.0315. The Morgan fingerprint density at radius 1 is 1.33 bits per heavy atom. The van der Waals surface area contributed by atoms with Gasteiger partial charge in [0.15, 0.2) is 0 Å². The fourth-order valence-corrected chi connectivity index (χ4v) is 0.791. The molecule has 0 spiro atoms. The number of carbonyl (C=O) groups excluding carboxylic acids is 1. The van der Waals surface area contributed by atoms with Crippen LogP contribution in [0, 0.1) is 0 Å². The molecule has 7 nitrogen and oxygen atoms in total. The molecule has 0 radical (unpaired) electrons. The van der Waals surface area contributed by atoms with Crippen molar-refractivity contribution in [3.63, 3.8) is 0 Å². The Morgan fingerprint density at radius 3 is 2.27 bits per heavy atom. The van der Waals surface area contributed by atoms with Gasteiger partial charge in [-0.1, -0.05) is 0 Å². The van der Waals surface area contributed by atoms with E-state index in [2.05, 4.69) is 15.3 Å². The molecule has 2 heterocycles. The van der Waals surface area contributed by atoms with Gasteiger partial charge in [-0.05, 0) is 0 Å². The first-order chi connectivity index (χ1) is 7.09. The van der Waals surface area contributed by atoms with E-state index in [1.165, 1.54) is 25.3 Å². The maximum atomic E-state index is 10.5. The highest BCUT2D eigenvalue weighted by Gasteiger charge is 1.93. The predicted molar refractivity (Wildman–Crippen MR) is 57.0 cm³/mol. The maximum Gasteiger partial charge on any atom is 0.264 e. The van der Waals surface area contributed by atoms with Crippen molar-refractivity contribution in [2.24, 2.45) is 0 Å². The van der Waals surface area contributed by atoms with Gasteiger partial charge in [0.25, 0.3) is 11.1 Å². The molecule has 2 rings (SSSR count). The molecular weight excluding hydrogens is 200 g/mol. The first kappa shape index (κ1) is 10.8. The molecule has 0 saturated heterocycles. The molecule has 15 heavy (non-hydrogen) atoms. The van der Waals surface area contributed by atoms with Gasteiger partial charge in [-0.2, -0.15) is 0 Å². The lowest BCUT2D eigenvalue weighted by atomic mass is 10.7. The van der Waals surface area contributed by atoms with Crippen molar-refractivity contribution in [1.82, 2.24) is 20.0 Å². The van der Waals surface area contributed by atoms with Gasteiger partial charge in [-0.25, -0.2) is 4.68 Å². The topological polar surface area (TPSA) is 104 Å². The third-order valence-corrected chi connectivity index (χ3v) is 1.46. The highest BCUT2D eigenvalue weighted by molar-refractivity contribution is 5.74. The lowest BCUT2D eigenvalue weighted by Crippen LogP contribution is -2.10. The lowest BCUT2D eigenvalue weighted by molar-refractivity contribution is 0.0920. The van der Waals surface area contributed by atoms with Gasteiger partial charge >= 0.3 is 0 Å². The van der Waals surface area contributed by atoms with E-state index < -0.39 is 0 Å². The summed E-state index contributed by atoms with van der Waals surface area (Å²) in [4.78, 5) is 30.8. The van der Waals surface area contributed by atoms with E-state index in [4.69, 9.17) is 0 Å². The van der Waals surface area contributed by atoms with Crippen LogP contribution in [0.5, 0.6) is 0 Å². The monoisotopic (exact) mass is 214 g/mol. The zero-order valence-electron chi connectivity index (χ0n) is 7.98. The minimum Gasteiger partial charge on any atom is -0.305 e. The molecule has 0 aliphatic heterocycles. The third-order valence-electron chi connectivity index (χ3n) is 1.46. The fraction of sp³-hybridized carbons (Fsp3) is 0.125. The van der Waals surface area contributed by atoms with Gasteiger partial charge in [0.1, 0.15) is 0 Å². The van der Waals surface area contributed by atoms with E-state index in [1.807, 2.05) is 0 Å². The van der Waals surface area contributed by atoms with E-state index in [0.717, 1.165) is 4.68 Å². The second-order valence-electron chi connectivity index (χ2n) is 2.65. The van der Waals surface area contributed by atoms with Crippen LogP contribution in [0.15, 0.2) is 34.1 Å². The molecule has 0 atom stereocenters. The van der Waals surface area contributed by atoms with Gasteiger partial charge in [-0.15, -0.1) is 0 Å². The molecule has 0 aromatic carbocycles. The van der Waals surface area contributed by atoms with Crippen LogP contribution in [0.4, 0.5) is 0 Å². The number of aromatic amines is 3. The SMILES string of the molecule is CC(=O)n1ccc(=O)[nH]1.O=c1cc[nH][nH]1.[HH].[HH]. The second kappa shape index (κ2) is 4.80. The number of rotatable bonds is 0. The summed E-state index contributed by atoms with van der Waals surface area (Å²) in [7, 11) is 0. The molecule has 0 unspecified atom stereocenters. The summed E-state index contributed by atoms with van der Waals surface area (Å²) in [5.74, 6) is -0.197. The summed E-state index contributed by atoms with van der Waals surface area (Å²) in [6.45, 7) is 1.37. The Bertz CT molecular complexity index is 522.